The van der Waals surface area contributed by atoms with Crippen molar-refractivity contribution in [2.45, 2.75) is 20.8 Å². The molecule has 0 aromatic rings. The highest BCUT2D eigenvalue weighted by Gasteiger charge is 1.84. The van der Waals surface area contributed by atoms with Crippen LogP contribution in [0.3, 0.4) is 0 Å². The van der Waals surface area contributed by atoms with Gasteiger partial charge in [-0.15, -0.1) is 36.3 Å². The predicted octanol–water partition coefficient (Wildman–Crippen LogP) is 2.86. The Morgan fingerprint density at radius 2 is 1.92 bits per heavy atom. The van der Waals surface area contributed by atoms with Crippen LogP contribution in [0.15, 0.2) is 35.5 Å². The van der Waals surface area contributed by atoms with Crippen LogP contribution in [-0.2, 0) is 4.79 Å². The average Bonchev–Trinajstić information content (AvgIpc) is 1.96. The molecule has 0 saturated carbocycles. The van der Waals surface area contributed by atoms with Crippen molar-refractivity contribution in [3.05, 3.63) is 41.9 Å². The van der Waals surface area contributed by atoms with Gasteiger partial charge in [-0.1, -0.05) is 19.4 Å². The second-order valence-corrected chi connectivity index (χ2v) is 2.95. The van der Waals surface area contributed by atoms with E-state index in [0.717, 1.165) is 23.0 Å². The summed E-state index contributed by atoms with van der Waals surface area (Å²) in [6, 6.07) is 0. The predicted molar refractivity (Wildman–Crippen MR) is 52.7 cm³/mol. The summed E-state index contributed by atoms with van der Waals surface area (Å²) in [5, 5.41) is 0. The summed E-state index contributed by atoms with van der Waals surface area (Å²) in [5.41, 5.74) is 2.73. The Bertz CT molecular complexity index is 227. The highest BCUT2D eigenvalue weighted by molar-refractivity contribution is 5.78. The molecule has 0 aromatic carbocycles. The van der Waals surface area contributed by atoms with Crippen LogP contribution in [0.4, 0.5) is 0 Å². The van der Waals surface area contributed by atoms with Crippen molar-refractivity contribution in [3.8, 4) is 0 Å². The Morgan fingerprint density at radius 3 is 2.25 bits per heavy atom. The molecule has 1 heteroatoms. The molecule has 1 nitrogen and oxygen atoms in total. The molecule has 0 unspecified atom stereocenters. The summed E-state index contributed by atoms with van der Waals surface area (Å²) >= 11 is 0. The van der Waals surface area contributed by atoms with Gasteiger partial charge < -0.3 is 4.79 Å². The zero-order valence-corrected chi connectivity index (χ0v) is 7.92. The number of rotatable bonds is 4. The fourth-order valence-corrected chi connectivity index (χ4v) is 0.640. The molecule has 0 saturated heterocycles. The lowest BCUT2D eigenvalue weighted by Crippen LogP contribution is -1.86. The van der Waals surface area contributed by atoms with Crippen LogP contribution in [-0.4, -0.2) is 6.29 Å². The van der Waals surface area contributed by atoms with Crippen LogP contribution < -0.4 is 0 Å². The number of carbonyl (C=O) groups excluding carboxylic acids is 1. The van der Waals surface area contributed by atoms with Gasteiger partial charge in [0.15, 0.2) is 0 Å². The van der Waals surface area contributed by atoms with Crippen molar-refractivity contribution < 1.29 is 4.79 Å². The second kappa shape index (κ2) is 5.42. The molecule has 0 aromatic heterocycles. The lowest BCUT2D eigenvalue weighted by atomic mass is 10.1. The molecule has 66 valence electrons. The van der Waals surface area contributed by atoms with Gasteiger partial charge in [0.1, 0.15) is 0 Å². The lowest BCUT2D eigenvalue weighted by Gasteiger charge is -2.05. The number of aldehydes is 1. The Kier molecular flexibility index (Phi) is 4.86. The molecule has 0 heterocycles. The van der Waals surface area contributed by atoms with Crippen molar-refractivity contribution >= 4 is 6.29 Å². The third-order valence-electron chi connectivity index (χ3n) is 1.36. The lowest BCUT2D eigenvalue weighted by molar-refractivity contribution is -0.104. The minimum atomic E-state index is 0.729. The van der Waals surface area contributed by atoms with Crippen LogP contribution in [0.25, 0.3) is 0 Å². The third-order valence-corrected chi connectivity index (χ3v) is 1.36. The second-order valence-electron chi connectivity index (χ2n) is 2.95. The van der Waals surface area contributed by atoms with E-state index in [1.54, 1.807) is 6.42 Å². The Hall–Kier alpha value is -1.24. The maximum Gasteiger partial charge on any atom is 0.0657 e. The summed E-state index contributed by atoms with van der Waals surface area (Å²) in [6.07, 6.45) is 6.35. The van der Waals surface area contributed by atoms with Gasteiger partial charge in [0.25, 0.3) is 0 Å². The van der Waals surface area contributed by atoms with E-state index < -0.39 is 0 Å². The van der Waals surface area contributed by atoms with Crippen LogP contribution >= 0.6 is 0 Å². The van der Waals surface area contributed by atoms with E-state index in [2.05, 4.69) is 6.58 Å². The first-order chi connectivity index (χ1) is 5.57. The Balaban J connectivity index is 4.17. The van der Waals surface area contributed by atoms with Gasteiger partial charge >= 0.3 is 0 Å². The van der Waals surface area contributed by atoms with E-state index in [0.29, 0.717) is 0 Å². The molecule has 0 atom stereocenters. The summed E-state index contributed by atoms with van der Waals surface area (Å²) in [4.78, 5) is 10.5. The number of allylic oxidation sites excluding steroid dienone is 5. The van der Waals surface area contributed by atoms with Gasteiger partial charge in [-0.05, 0) is 6.92 Å². The minimum absolute atomic E-state index is 0.729. The quantitative estimate of drug-likeness (QED) is 0.269. The zero-order valence-electron chi connectivity index (χ0n) is 7.92. The van der Waals surface area contributed by atoms with Crippen LogP contribution in [0.1, 0.15) is 20.8 Å². The number of carbonyl (C=O) groups is 1. The number of hydrogen-bond acceptors (Lipinski definition) is 1. The van der Waals surface area contributed by atoms with Crippen LogP contribution in [0, 0.1) is 6.42 Å². The van der Waals surface area contributed by atoms with Gasteiger partial charge in [-0.3, -0.25) is 0 Å². The van der Waals surface area contributed by atoms with E-state index in [1.165, 1.54) is 0 Å². The van der Waals surface area contributed by atoms with Gasteiger partial charge in [0, 0.05) is 0 Å². The highest BCUT2D eigenvalue weighted by atomic mass is 16.1. The summed E-state index contributed by atoms with van der Waals surface area (Å²) in [6.45, 7) is 9.44. The average molecular weight is 163 g/mol. The molecule has 0 radical (unpaired) electrons. The molecule has 0 amide bonds. The van der Waals surface area contributed by atoms with E-state index in [-0.39, 0.29) is 0 Å². The van der Waals surface area contributed by atoms with Crippen molar-refractivity contribution in [2.24, 2.45) is 0 Å². The van der Waals surface area contributed by atoms with Gasteiger partial charge in [0.05, 0.1) is 6.29 Å². The molecular formula is C11H15O-. The van der Waals surface area contributed by atoms with Crippen LogP contribution in [0.5, 0.6) is 0 Å². The topological polar surface area (TPSA) is 17.1 Å². The van der Waals surface area contributed by atoms with Gasteiger partial charge in [0.2, 0.25) is 0 Å². The molecular weight excluding hydrogens is 148 g/mol. The molecule has 12 heavy (non-hydrogen) atoms. The first kappa shape index (κ1) is 10.8. The summed E-state index contributed by atoms with van der Waals surface area (Å²) in [7, 11) is 0. The fourth-order valence-electron chi connectivity index (χ4n) is 0.640. The standard InChI is InChI=1S/C11H15O/c1-9(2)6-5-7-11(8-12)10(3)4/h5-8H,1H2,2-4H3/q-1/b6-5+. The van der Waals surface area contributed by atoms with Crippen LogP contribution in [0.2, 0.25) is 0 Å². The van der Waals surface area contributed by atoms with E-state index in [4.69, 9.17) is 0 Å². The summed E-state index contributed by atoms with van der Waals surface area (Å²) in [5.74, 6) is 0. The molecule has 0 N–H and O–H groups in total. The highest BCUT2D eigenvalue weighted by Crippen LogP contribution is 2.05. The fraction of sp³-hybridized carbons (Fsp3) is 0.273. The van der Waals surface area contributed by atoms with Gasteiger partial charge in [-0.25, -0.2) is 0 Å². The zero-order chi connectivity index (χ0) is 9.56. The summed E-state index contributed by atoms with van der Waals surface area (Å²) < 4.78 is 0. The smallest absolute Gasteiger partial charge is 0.0657 e. The SMILES string of the molecule is C=C(C)/C=C/[CH-]C(C=O)=C(C)C. The maximum absolute atomic E-state index is 10.5. The largest absolute Gasteiger partial charge is 0.355 e. The maximum atomic E-state index is 10.5. The molecule has 0 bridgehead atoms. The minimum Gasteiger partial charge on any atom is -0.355 e. The molecule has 0 fully saturated rings. The van der Waals surface area contributed by atoms with Gasteiger partial charge in [-0.2, -0.15) is 0 Å². The molecule has 0 aliphatic rings. The number of hydrogen-bond donors (Lipinski definition) is 0. The molecule has 0 spiro atoms. The van der Waals surface area contributed by atoms with Crippen molar-refractivity contribution in [2.75, 3.05) is 0 Å². The normalized spacial score (nSPS) is 9.58. The first-order valence-electron chi connectivity index (χ1n) is 3.87. The van der Waals surface area contributed by atoms with E-state index >= 15 is 0 Å². The van der Waals surface area contributed by atoms with E-state index in [9.17, 15) is 4.79 Å². The molecule has 0 aliphatic heterocycles. The van der Waals surface area contributed by atoms with Crippen molar-refractivity contribution in [1.29, 1.82) is 0 Å². The molecule has 0 rings (SSSR count). The monoisotopic (exact) mass is 163 g/mol. The Labute approximate surface area is 74.5 Å². The molecule has 0 aliphatic carbocycles. The Morgan fingerprint density at radius 1 is 1.33 bits per heavy atom. The van der Waals surface area contributed by atoms with Crippen molar-refractivity contribution in [3.63, 3.8) is 0 Å². The van der Waals surface area contributed by atoms with E-state index in [1.807, 2.05) is 32.9 Å². The first-order valence-corrected chi connectivity index (χ1v) is 3.87. The van der Waals surface area contributed by atoms with Crippen molar-refractivity contribution in [1.82, 2.24) is 0 Å². The third kappa shape index (κ3) is 4.56.